The number of hydrogen-bond acceptors (Lipinski definition) is 7. The number of rotatable bonds is 4. The second-order valence-corrected chi connectivity index (χ2v) is 4.85. The Balaban J connectivity index is 1.77. The van der Waals surface area contributed by atoms with E-state index >= 15 is 0 Å². The van der Waals surface area contributed by atoms with Crippen molar-refractivity contribution in [2.24, 2.45) is 0 Å². The van der Waals surface area contributed by atoms with Gasteiger partial charge in [-0.2, -0.15) is 4.98 Å². The number of hydrogen-bond donors (Lipinski definition) is 1. The van der Waals surface area contributed by atoms with Crippen molar-refractivity contribution in [3.05, 3.63) is 36.1 Å². The average molecular weight is 275 g/mol. The van der Waals surface area contributed by atoms with Crippen LogP contribution in [0.25, 0.3) is 11.7 Å². The van der Waals surface area contributed by atoms with Gasteiger partial charge in [-0.1, -0.05) is 10.4 Å². The van der Waals surface area contributed by atoms with Crippen LogP contribution in [0.15, 0.2) is 33.5 Å². The highest BCUT2D eigenvalue weighted by atomic mass is 16.5. The number of nitrogens with zero attached hydrogens (tertiary/aromatic N) is 5. The highest BCUT2D eigenvalue weighted by Gasteiger charge is 2.20. The summed E-state index contributed by atoms with van der Waals surface area (Å²) < 4.78 is 11.8. The summed E-state index contributed by atoms with van der Waals surface area (Å²) in [6.45, 7) is 3.59. The minimum Gasteiger partial charge on any atom is -0.459 e. The Labute approximate surface area is 114 Å². The summed E-state index contributed by atoms with van der Waals surface area (Å²) in [6, 6.07) is 3.48. The first-order valence-electron chi connectivity index (χ1n) is 6.02. The third-order valence-corrected chi connectivity index (χ3v) is 2.67. The standard InChI is InChI=1S/C12H13N5O3/c1-12(2,18)9-6-17(16-14-9)7-10-13-11(20-15-10)8-4-3-5-19-8/h3-6,18H,7H2,1-2H3. The maximum absolute atomic E-state index is 9.82. The van der Waals surface area contributed by atoms with E-state index in [0.29, 0.717) is 29.7 Å². The lowest BCUT2D eigenvalue weighted by molar-refractivity contribution is 0.0737. The molecule has 8 nitrogen and oxygen atoms in total. The third-order valence-electron chi connectivity index (χ3n) is 2.67. The first-order chi connectivity index (χ1) is 9.52. The number of furan rings is 1. The van der Waals surface area contributed by atoms with Gasteiger partial charge >= 0.3 is 0 Å². The molecule has 0 saturated heterocycles. The fourth-order valence-electron chi connectivity index (χ4n) is 1.62. The summed E-state index contributed by atoms with van der Waals surface area (Å²) in [7, 11) is 0. The van der Waals surface area contributed by atoms with Gasteiger partial charge in [0.15, 0.2) is 11.6 Å². The van der Waals surface area contributed by atoms with Crippen molar-refractivity contribution in [2.45, 2.75) is 26.0 Å². The molecule has 0 radical (unpaired) electrons. The Morgan fingerprint density at radius 3 is 2.90 bits per heavy atom. The fourth-order valence-corrected chi connectivity index (χ4v) is 1.62. The summed E-state index contributed by atoms with van der Waals surface area (Å²) in [5.41, 5.74) is -0.554. The molecule has 0 aliphatic carbocycles. The van der Waals surface area contributed by atoms with Crippen LogP contribution >= 0.6 is 0 Å². The molecule has 0 unspecified atom stereocenters. The number of aromatic nitrogens is 5. The van der Waals surface area contributed by atoms with Gasteiger partial charge in [0.25, 0.3) is 5.89 Å². The van der Waals surface area contributed by atoms with Gasteiger partial charge in [0.05, 0.1) is 12.5 Å². The summed E-state index contributed by atoms with van der Waals surface area (Å²) in [5, 5.41) is 21.5. The molecule has 104 valence electrons. The van der Waals surface area contributed by atoms with Gasteiger partial charge in [-0.25, -0.2) is 4.68 Å². The van der Waals surface area contributed by atoms with Crippen molar-refractivity contribution in [1.82, 2.24) is 25.1 Å². The van der Waals surface area contributed by atoms with E-state index in [1.807, 2.05) is 0 Å². The Morgan fingerprint density at radius 2 is 2.25 bits per heavy atom. The van der Waals surface area contributed by atoms with Crippen LogP contribution in [-0.4, -0.2) is 30.2 Å². The quantitative estimate of drug-likeness (QED) is 0.762. The predicted octanol–water partition coefficient (Wildman–Crippen LogP) is 1.20. The minimum absolute atomic E-state index is 0.299. The fraction of sp³-hybridized carbons (Fsp3) is 0.333. The second-order valence-electron chi connectivity index (χ2n) is 4.85. The summed E-state index contributed by atoms with van der Waals surface area (Å²) in [4.78, 5) is 4.20. The lowest BCUT2D eigenvalue weighted by Gasteiger charge is -2.11. The van der Waals surface area contributed by atoms with Crippen molar-refractivity contribution in [3.63, 3.8) is 0 Å². The van der Waals surface area contributed by atoms with Crippen molar-refractivity contribution in [1.29, 1.82) is 0 Å². The Kier molecular flexibility index (Phi) is 2.87. The molecule has 8 heteroatoms. The van der Waals surface area contributed by atoms with Gasteiger partial charge in [-0.15, -0.1) is 5.10 Å². The second kappa shape index (κ2) is 4.57. The molecule has 0 bridgehead atoms. The van der Waals surface area contributed by atoms with E-state index in [-0.39, 0.29) is 0 Å². The van der Waals surface area contributed by atoms with Crippen LogP contribution in [0.2, 0.25) is 0 Å². The molecule has 20 heavy (non-hydrogen) atoms. The Morgan fingerprint density at radius 1 is 1.40 bits per heavy atom. The van der Waals surface area contributed by atoms with Crippen LogP contribution in [0.1, 0.15) is 25.4 Å². The van der Waals surface area contributed by atoms with Crippen molar-refractivity contribution < 1.29 is 14.0 Å². The van der Waals surface area contributed by atoms with Crippen LogP contribution in [0, 0.1) is 0 Å². The smallest absolute Gasteiger partial charge is 0.293 e. The van der Waals surface area contributed by atoms with E-state index in [0.717, 1.165) is 0 Å². The van der Waals surface area contributed by atoms with E-state index in [9.17, 15) is 5.11 Å². The first kappa shape index (κ1) is 12.5. The van der Waals surface area contributed by atoms with E-state index in [2.05, 4.69) is 20.5 Å². The van der Waals surface area contributed by atoms with E-state index < -0.39 is 5.60 Å². The zero-order valence-electron chi connectivity index (χ0n) is 11.0. The van der Waals surface area contributed by atoms with Crippen LogP contribution in [0.5, 0.6) is 0 Å². The molecular formula is C12H13N5O3. The molecule has 0 atom stereocenters. The van der Waals surface area contributed by atoms with Crippen LogP contribution in [0.4, 0.5) is 0 Å². The topological polar surface area (TPSA) is 103 Å². The average Bonchev–Trinajstić information content (AvgIpc) is 3.08. The SMILES string of the molecule is CC(C)(O)c1cn(Cc2noc(-c3ccco3)n2)nn1. The maximum Gasteiger partial charge on any atom is 0.293 e. The van der Waals surface area contributed by atoms with Gasteiger partial charge in [-0.3, -0.25) is 0 Å². The number of aliphatic hydroxyl groups is 1. The zero-order chi connectivity index (χ0) is 14.2. The van der Waals surface area contributed by atoms with Gasteiger partial charge in [0, 0.05) is 0 Å². The Hall–Kier alpha value is -2.48. The minimum atomic E-state index is -1.03. The van der Waals surface area contributed by atoms with Gasteiger partial charge in [-0.05, 0) is 26.0 Å². The van der Waals surface area contributed by atoms with E-state index in [1.165, 1.54) is 10.9 Å². The predicted molar refractivity (Wildman–Crippen MR) is 66.4 cm³/mol. The van der Waals surface area contributed by atoms with Crippen molar-refractivity contribution >= 4 is 0 Å². The highest BCUT2D eigenvalue weighted by Crippen LogP contribution is 2.18. The van der Waals surface area contributed by atoms with Gasteiger partial charge < -0.3 is 14.0 Å². The lowest BCUT2D eigenvalue weighted by Crippen LogP contribution is -2.15. The monoisotopic (exact) mass is 275 g/mol. The normalized spacial score (nSPS) is 11.9. The van der Waals surface area contributed by atoms with Gasteiger partial charge in [0.1, 0.15) is 17.8 Å². The molecule has 0 saturated carbocycles. The molecule has 0 aliphatic heterocycles. The lowest BCUT2D eigenvalue weighted by atomic mass is 10.1. The van der Waals surface area contributed by atoms with Crippen LogP contribution in [0.3, 0.4) is 0 Å². The molecule has 3 aromatic heterocycles. The molecule has 1 N–H and O–H groups in total. The molecule has 0 fully saturated rings. The maximum atomic E-state index is 9.82. The van der Waals surface area contributed by atoms with Crippen LogP contribution in [-0.2, 0) is 12.1 Å². The first-order valence-corrected chi connectivity index (χ1v) is 6.02. The van der Waals surface area contributed by atoms with E-state index in [4.69, 9.17) is 8.94 Å². The molecular weight excluding hydrogens is 262 g/mol. The largest absolute Gasteiger partial charge is 0.459 e. The van der Waals surface area contributed by atoms with E-state index in [1.54, 1.807) is 32.2 Å². The molecule has 3 heterocycles. The molecule has 0 aliphatic rings. The molecule has 0 amide bonds. The van der Waals surface area contributed by atoms with Crippen LogP contribution < -0.4 is 0 Å². The highest BCUT2D eigenvalue weighted by molar-refractivity contribution is 5.42. The summed E-state index contributed by atoms with van der Waals surface area (Å²) in [5.74, 6) is 1.27. The molecule has 0 aromatic carbocycles. The molecule has 0 spiro atoms. The Bertz CT molecular complexity index is 693. The summed E-state index contributed by atoms with van der Waals surface area (Å²) >= 11 is 0. The molecule has 3 rings (SSSR count). The molecule has 3 aromatic rings. The van der Waals surface area contributed by atoms with Crippen molar-refractivity contribution in [2.75, 3.05) is 0 Å². The van der Waals surface area contributed by atoms with Crippen molar-refractivity contribution in [3.8, 4) is 11.7 Å². The summed E-state index contributed by atoms with van der Waals surface area (Å²) in [6.07, 6.45) is 3.18. The zero-order valence-corrected chi connectivity index (χ0v) is 11.0. The third kappa shape index (κ3) is 2.45. The van der Waals surface area contributed by atoms with Gasteiger partial charge in [0.2, 0.25) is 0 Å².